The van der Waals surface area contributed by atoms with Gasteiger partial charge in [0.25, 0.3) is 5.91 Å². The number of hydrogen-bond acceptors (Lipinski definition) is 5. The molecule has 7 nitrogen and oxygen atoms in total. The number of anilines is 3. The molecule has 5 rings (SSSR count). The summed E-state index contributed by atoms with van der Waals surface area (Å²) in [5, 5.41) is 6.30. The fraction of sp³-hybridized carbons (Fsp3) is 0.222. The first-order valence-corrected chi connectivity index (χ1v) is 13.1. The van der Waals surface area contributed by atoms with Gasteiger partial charge in [0.05, 0.1) is 16.2 Å². The van der Waals surface area contributed by atoms with Gasteiger partial charge in [-0.05, 0) is 66.8 Å². The van der Waals surface area contributed by atoms with Gasteiger partial charge < -0.3 is 15.5 Å². The molecular formula is C27H28N4O3S. The molecule has 3 aromatic carbocycles. The summed E-state index contributed by atoms with van der Waals surface area (Å²) in [5.74, 6) is 0.141. The van der Waals surface area contributed by atoms with Gasteiger partial charge >= 0.3 is 0 Å². The Hall–Kier alpha value is -3.62. The van der Waals surface area contributed by atoms with Crippen LogP contribution in [0.1, 0.15) is 24.0 Å². The number of carbonyl (C=O) groups is 1. The van der Waals surface area contributed by atoms with Gasteiger partial charge in [-0.2, -0.15) is 0 Å². The topological polar surface area (TPSA) is 90.5 Å². The highest BCUT2D eigenvalue weighted by atomic mass is 32.2. The number of hydrogen-bond donors (Lipinski definition) is 3. The molecule has 2 aliphatic rings. The van der Waals surface area contributed by atoms with Crippen LogP contribution in [-0.2, 0) is 14.8 Å². The average molecular weight is 489 g/mol. The second kappa shape index (κ2) is 9.20. The number of nitrogens with one attached hydrogen (secondary N) is 3. The minimum absolute atomic E-state index is 0.147. The number of sulfonamides is 1. The third kappa shape index (κ3) is 4.94. The predicted octanol–water partition coefficient (Wildman–Crippen LogP) is 4.37. The molecule has 8 heteroatoms. The molecule has 1 saturated carbocycles. The molecule has 1 fully saturated rings. The van der Waals surface area contributed by atoms with E-state index in [0.717, 1.165) is 29.8 Å². The second-order valence-corrected chi connectivity index (χ2v) is 10.9. The molecule has 180 valence electrons. The number of rotatable bonds is 8. The van der Waals surface area contributed by atoms with Gasteiger partial charge in [-0.1, -0.05) is 30.3 Å². The van der Waals surface area contributed by atoms with Crippen molar-refractivity contribution in [2.24, 2.45) is 5.92 Å². The first-order valence-electron chi connectivity index (χ1n) is 11.6. The van der Waals surface area contributed by atoms with Gasteiger partial charge in [0.15, 0.2) is 0 Å². The summed E-state index contributed by atoms with van der Waals surface area (Å²) < 4.78 is 28.5. The largest absolute Gasteiger partial charge is 0.378 e. The zero-order valence-corrected chi connectivity index (χ0v) is 20.5. The summed E-state index contributed by atoms with van der Waals surface area (Å²) >= 11 is 0. The normalized spacial score (nSPS) is 16.5. The fourth-order valence-electron chi connectivity index (χ4n) is 4.07. The molecule has 0 spiro atoms. The lowest BCUT2D eigenvalue weighted by molar-refractivity contribution is -0.110. The van der Waals surface area contributed by atoms with E-state index in [-0.39, 0.29) is 10.8 Å². The SMILES string of the molecule is CN(C)c1ccc(N/C(=C2\C(=O)Nc3ccc(S(=O)(=O)NCC4CC4)cc32)c2ccccc2)cc1. The van der Waals surface area contributed by atoms with Crippen molar-refractivity contribution in [3.05, 3.63) is 83.9 Å². The van der Waals surface area contributed by atoms with Gasteiger partial charge in [-0.25, -0.2) is 13.1 Å². The van der Waals surface area contributed by atoms with Crippen molar-refractivity contribution in [3.63, 3.8) is 0 Å². The average Bonchev–Trinajstić information content (AvgIpc) is 3.63. The third-order valence-corrected chi connectivity index (χ3v) is 7.69. The fourth-order valence-corrected chi connectivity index (χ4v) is 5.21. The van der Waals surface area contributed by atoms with Crippen molar-refractivity contribution in [3.8, 4) is 0 Å². The molecule has 0 aromatic heterocycles. The molecule has 1 aliphatic carbocycles. The molecule has 1 amide bonds. The molecule has 0 bridgehead atoms. The van der Waals surface area contributed by atoms with E-state index in [9.17, 15) is 13.2 Å². The summed E-state index contributed by atoms with van der Waals surface area (Å²) in [6.07, 6.45) is 2.11. The van der Waals surface area contributed by atoms with Crippen LogP contribution in [-0.4, -0.2) is 35.0 Å². The lowest BCUT2D eigenvalue weighted by atomic mass is 10.00. The highest BCUT2D eigenvalue weighted by Crippen LogP contribution is 2.39. The molecule has 0 saturated heterocycles. The van der Waals surface area contributed by atoms with E-state index in [1.807, 2.05) is 73.6 Å². The summed E-state index contributed by atoms with van der Waals surface area (Å²) in [4.78, 5) is 15.3. The number of benzene rings is 3. The number of nitrogens with zero attached hydrogens (tertiary/aromatic N) is 1. The standard InChI is InChI=1S/C27H28N4O3S/c1-31(2)21-12-10-20(11-13-21)29-26(19-6-4-3-5-7-19)25-23-16-22(14-15-24(23)30-27(25)32)35(33,34)28-17-18-8-9-18/h3-7,10-16,18,28-29H,8-9,17H2,1-2H3,(H,30,32)/b26-25-. The Morgan fingerprint density at radius 3 is 2.37 bits per heavy atom. The molecule has 35 heavy (non-hydrogen) atoms. The molecule has 1 aliphatic heterocycles. The molecule has 1 heterocycles. The Bertz CT molecular complexity index is 1390. The molecule has 3 N–H and O–H groups in total. The monoisotopic (exact) mass is 488 g/mol. The van der Waals surface area contributed by atoms with Crippen LogP contribution in [0.15, 0.2) is 77.7 Å². The Balaban J connectivity index is 1.58. The number of carbonyl (C=O) groups excluding carboxylic acids is 1. The molecule has 0 unspecified atom stereocenters. The quantitative estimate of drug-likeness (QED) is 0.410. The smallest absolute Gasteiger partial charge is 0.258 e. The Morgan fingerprint density at radius 2 is 1.71 bits per heavy atom. The molecule has 3 aromatic rings. The van der Waals surface area contributed by atoms with Crippen LogP contribution in [0, 0.1) is 5.92 Å². The maximum Gasteiger partial charge on any atom is 0.258 e. The lowest BCUT2D eigenvalue weighted by Crippen LogP contribution is -2.25. The van der Waals surface area contributed by atoms with Crippen LogP contribution in [0.25, 0.3) is 11.3 Å². The van der Waals surface area contributed by atoms with Gasteiger partial charge in [0.2, 0.25) is 10.0 Å². The van der Waals surface area contributed by atoms with E-state index in [1.165, 1.54) is 6.07 Å². The number of fused-ring (bicyclic) bond motifs is 1. The van der Waals surface area contributed by atoms with E-state index in [0.29, 0.717) is 35.0 Å². The van der Waals surface area contributed by atoms with Crippen molar-refractivity contribution < 1.29 is 13.2 Å². The minimum atomic E-state index is -3.68. The van der Waals surface area contributed by atoms with Gasteiger partial charge in [0, 0.05) is 43.3 Å². The highest BCUT2D eigenvalue weighted by Gasteiger charge is 2.31. The van der Waals surface area contributed by atoms with Crippen LogP contribution in [0.3, 0.4) is 0 Å². The van der Waals surface area contributed by atoms with Crippen molar-refractivity contribution >= 4 is 44.3 Å². The summed E-state index contributed by atoms with van der Waals surface area (Å²) in [6, 6.07) is 22.2. The van der Waals surface area contributed by atoms with E-state index < -0.39 is 10.0 Å². The van der Waals surface area contributed by atoms with Crippen molar-refractivity contribution in [2.75, 3.05) is 36.2 Å². The van der Waals surface area contributed by atoms with Crippen LogP contribution < -0.4 is 20.3 Å². The summed E-state index contributed by atoms with van der Waals surface area (Å²) in [5.41, 5.74) is 4.86. The zero-order valence-electron chi connectivity index (χ0n) is 19.7. The maximum atomic E-state index is 13.2. The van der Waals surface area contributed by atoms with E-state index in [1.54, 1.807) is 12.1 Å². The maximum absolute atomic E-state index is 13.2. The van der Waals surface area contributed by atoms with Crippen LogP contribution in [0.5, 0.6) is 0 Å². The Morgan fingerprint density at radius 1 is 1.00 bits per heavy atom. The minimum Gasteiger partial charge on any atom is -0.378 e. The first-order chi connectivity index (χ1) is 16.8. The summed E-state index contributed by atoms with van der Waals surface area (Å²) in [6.45, 7) is 0.444. The Kier molecular flexibility index (Phi) is 6.08. The molecule has 0 atom stereocenters. The number of amides is 1. The van der Waals surface area contributed by atoms with Crippen molar-refractivity contribution in [1.82, 2.24) is 4.72 Å². The first kappa shape index (κ1) is 23.1. The molecular weight excluding hydrogens is 460 g/mol. The van der Waals surface area contributed by atoms with E-state index in [4.69, 9.17) is 0 Å². The van der Waals surface area contributed by atoms with Crippen LogP contribution in [0.4, 0.5) is 17.1 Å². The lowest BCUT2D eigenvalue weighted by Gasteiger charge is -2.17. The highest BCUT2D eigenvalue weighted by molar-refractivity contribution is 7.89. The zero-order chi connectivity index (χ0) is 24.6. The third-order valence-electron chi connectivity index (χ3n) is 6.27. The second-order valence-electron chi connectivity index (χ2n) is 9.14. The van der Waals surface area contributed by atoms with Gasteiger partial charge in [0.1, 0.15) is 0 Å². The van der Waals surface area contributed by atoms with E-state index in [2.05, 4.69) is 15.4 Å². The molecule has 0 radical (unpaired) electrons. The van der Waals surface area contributed by atoms with E-state index >= 15 is 0 Å². The van der Waals surface area contributed by atoms with Crippen molar-refractivity contribution in [1.29, 1.82) is 0 Å². The van der Waals surface area contributed by atoms with Gasteiger partial charge in [-0.3, -0.25) is 4.79 Å². The van der Waals surface area contributed by atoms with Crippen LogP contribution >= 0.6 is 0 Å². The van der Waals surface area contributed by atoms with Gasteiger partial charge in [-0.15, -0.1) is 0 Å². The predicted molar refractivity (Wildman–Crippen MR) is 141 cm³/mol. The summed E-state index contributed by atoms with van der Waals surface area (Å²) in [7, 11) is 0.277. The Labute approximate surface area is 205 Å². The van der Waals surface area contributed by atoms with Crippen LogP contribution in [0.2, 0.25) is 0 Å². The van der Waals surface area contributed by atoms with Crippen molar-refractivity contribution in [2.45, 2.75) is 17.7 Å².